The monoisotopic (exact) mass is 125 g/mol. The summed E-state index contributed by atoms with van der Waals surface area (Å²) in [6, 6.07) is 0.630. The van der Waals surface area contributed by atoms with Gasteiger partial charge in [0.1, 0.15) is 0 Å². The maximum absolute atomic E-state index is 8.35. The van der Waals surface area contributed by atoms with Gasteiger partial charge in [-0.1, -0.05) is 0 Å². The van der Waals surface area contributed by atoms with E-state index in [9.17, 15) is 0 Å². The van der Waals surface area contributed by atoms with Crippen LogP contribution in [0.25, 0.3) is 0 Å². The lowest BCUT2D eigenvalue weighted by Gasteiger charge is -1.98. The Balaban J connectivity index is 0.000000120. The third-order valence-corrected chi connectivity index (χ3v) is 0.732. The second kappa shape index (κ2) is 2.11. The molecule has 3 heterocycles. The summed E-state index contributed by atoms with van der Waals surface area (Å²) in [6.07, 6.45) is 2.47. The van der Waals surface area contributed by atoms with Crippen LogP contribution in [0, 0.1) is 5.41 Å². The lowest BCUT2D eigenvalue weighted by atomic mass is 10.8. The molecule has 46 valence electrons. The molecule has 3 rings (SSSR count). The van der Waals surface area contributed by atoms with Crippen molar-refractivity contribution in [3.8, 4) is 11.9 Å². The van der Waals surface area contributed by atoms with Crippen LogP contribution in [-0.2, 0) is 4.79 Å². The van der Waals surface area contributed by atoms with Crippen molar-refractivity contribution in [2.24, 2.45) is 0 Å². The topological polar surface area (TPSA) is 78.8 Å². The van der Waals surface area contributed by atoms with Gasteiger partial charge in [-0.15, -0.1) is 0 Å². The number of nitrogens with one attached hydrogen (secondary N) is 2. The van der Waals surface area contributed by atoms with E-state index in [1.54, 1.807) is 6.20 Å². The molecule has 0 spiro atoms. The average Bonchev–Trinajstić information content (AvgIpc) is 2.17. The van der Waals surface area contributed by atoms with E-state index < -0.39 is 0 Å². The normalized spacial score (nSPS) is 9.33. The zero-order chi connectivity index (χ0) is 6.69. The molecule has 2 N–H and O–H groups in total. The minimum Gasteiger partial charge on any atom is -0.405 e. The van der Waals surface area contributed by atoms with Crippen molar-refractivity contribution in [3.63, 3.8) is 0 Å². The molecule has 9 heavy (non-hydrogen) atoms. The van der Waals surface area contributed by atoms with Crippen molar-refractivity contribution in [2.75, 3.05) is 0 Å². The molecule has 2 aliphatic heterocycles. The van der Waals surface area contributed by atoms with Gasteiger partial charge in [-0.2, -0.15) is 4.98 Å². The molecular weight excluding hydrogens is 122 g/mol. The molecule has 0 unspecified atom stereocenters. The number of imidazole rings is 1. The first-order valence-electron chi connectivity index (χ1n) is 2.14. The Hall–Kier alpha value is -1.61. The summed E-state index contributed by atoms with van der Waals surface area (Å²) in [4.78, 5) is 14.9. The van der Waals surface area contributed by atoms with E-state index in [0.29, 0.717) is 11.9 Å². The van der Waals surface area contributed by atoms with Gasteiger partial charge in [0.2, 0.25) is 12.0 Å². The maximum atomic E-state index is 8.35. The molecule has 0 fully saturated rings. The van der Waals surface area contributed by atoms with Gasteiger partial charge in [-0.3, -0.25) is 0 Å². The predicted molar refractivity (Wildman–Crippen MR) is 27.1 cm³/mol. The fraction of sp³-hybridized carbons (Fsp3) is 0. The Bertz CT molecular complexity index is 212. The number of H-pyrrole nitrogens is 1. The largest absolute Gasteiger partial charge is 0.405 e. The first kappa shape index (κ1) is 5.53. The molecule has 5 heteroatoms. The van der Waals surface area contributed by atoms with Crippen molar-refractivity contribution in [2.45, 2.75) is 0 Å². The highest BCUT2D eigenvalue weighted by atomic mass is 16.5. The summed E-state index contributed by atoms with van der Waals surface area (Å²) < 4.78 is 4.75. The molecule has 0 radical (unpaired) electrons. The van der Waals surface area contributed by atoms with Crippen LogP contribution in [0.1, 0.15) is 0 Å². The molecular formula is C4H3N3O2. The lowest BCUT2D eigenvalue weighted by Crippen LogP contribution is -1.90. The van der Waals surface area contributed by atoms with Gasteiger partial charge < -0.3 is 9.72 Å². The Morgan fingerprint density at radius 1 is 1.89 bits per heavy atom. The number of nitrogens with zero attached hydrogens (tertiary/aromatic N) is 1. The minimum atomic E-state index is 0.630. The van der Waals surface area contributed by atoms with Gasteiger partial charge in [0, 0.05) is 0 Å². The predicted octanol–water partition coefficient (Wildman–Crippen LogP) is 0.416. The molecule has 1 aromatic heterocycles. The van der Waals surface area contributed by atoms with Crippen LogP contribution in [0.5, 0.6) is 11.9 Å². The number of fused-ring (bicyclic) bond motifs is 1. The molecule has 0 aliphatic carbocycles. The summed E-state index contributed by atoms with van der Waals surface area (Å²) >= 11 is 0. The zero-order valence-electron chi connectivity index (χ0n) is 4.34. The highest BCUT2D eigenvalue weighted by Gasteiger charge is 2.12. The number of rotatable bonds is 0. The number of hydrogen-bond donors (Lipinski definition) is 2. The quantitative estimate of drug-likeness (QED) is 0.395. The molecule has 0 aromatic carbocycles. The zero-order valence-corrected chi connectivity index (χ0v) is 4.34. The van der Waals surface area contributed by atoms with Crippen LogP contribution in [0.15, 0.2) is 6.20 Å². The summed E-state index contributed by atoms with van der Waals surface area (Å²) in [6.45, 7) is 0. The number of aromatic nitrogens is 2. The van der Waals surface area contributed by atoms with E-state index >= 15 is 0 Å². The van der Waals surface area contributed by atoms with Gasteiger partial charge >= 0.3 is 6.01 Å². The minimum absolute atomic E-state index is 0.630. The van der Waals surface area contributed by atoms with Crippen molar-refractivity contribution in [3.05, 3.63) is 6.20 Å². The van der Waals surface area contributed by atoms with E-state index in [2.05, 4.69) is 9.97 Å². The Morgan fingerprint density at radius 3 is 2.56 bits per heavy atom. The van der Waals surface area contributed by atoms with Gasteiger partial charge in [-0.05, 0) is 0 Å². The number of isocyanates is 1. The van der Waals surface area contributed by atoms with Crippen molar-refractivity contribution >= 4 is 6.08 Å². The molecule has 1 aromatic rings. The highest BCUT2D eigenvalue weighted by Crippen LogP contribution is 2.26. The Kier molecular flexibility index (Phi) is 1.29. The Labute approximate surface area is 50.2 Å². The number of aromatic amines is 1. The fourth-order valence-corrected chi connectivity index (χ4v) is 0.453. The second-order valence-electron chi connectivity index (χ2n) is 1.25. The van der Waals surface area contributed by atoms with Gasteiger partial charge in [0.25, 0.3) is 0 Å². The van der Waals surface area contributed by atoms with Crippen molar-refractivity contribution in [1.82, 2.24) is 9.97 Å². The van der Waals surface area contributed by atoms with Gasteiger partial charge in [0.15, 0.2) is 0 Å². The van der Waals surface area contributed by atoms with Gasteiger partial charge in [-0.25, -0.2) is 10.2 Å². The van der Waals surface area contributed by atoms with Crippen LogP contribution >= 0.6 is 0 Å². The number of ether oxygens (including phenoxy) is 1. The van der Waals surface area contributed by atoms with E-state index in [0.717, 1.165) is 6.08 Å². The Morgan fingerprint density at radius 2 is 2.44 bits per heavy atom. The SMILES string of the molecule is N=C=O.c1[nH]c2nc1O2. The maximum Gasteiger partial charge on any atom is 0.304 e. The smallest absolute Gasteiger partial charge is 0.304 e. The molecule has 5 nitrogen and oxygen atoms in total. The third-order valence-electron chi connectivity index (χ3n) is 0.732. The molecule has 2 aliphatic rings. The van der Waals surface area contributed by atoms with E-state index in [-0.39, 0.29) is 0 Å². The van der Waals surface area contributed by atoms with Crippen LogP contribution in [-0.4, -0.2) is 16.0 Å². The van der Waals surface area contributed by atoms with Gasteiger partial charge in [0.05, 0.1) is 6.20 Å². The van der Waals surface area contributed by atoms with Crippen LogP contribution in [0.4, 0.5) is 0 Å². The molecule has 0 saturated heterocycles. The van der Waals surface area contributed by atoms with E-state index in [1.807, 2.05) is 0 Å². The summed E-state index contributed by atoms with van der Waals surface area (Å²) in [5.74, 6) is 0.699. The fourth-order valence-electron chi connectivity index (χ4n) is 0.453. The standard InChI is InChI=1S/C3H2N2O.CHNO/c1-2-5-3(4-1)6-2;2-1-3/h1H,(H,4,5);2H. The molecule has 0 saturated carbocycles. The van der Waals surface area contributed by atoms with E-state index in [1.165, 1.54) is 0 Å². The van der Waals surface area contributed by atoms with Crippen LogP contribution in [0.3, 0.4) is 0 Å². The molecule has 0 amide bonds. The first-order chi connectivity index (χ1) is 4.36. The highest BCUT2D eigenvalue weighted by molar-refractivity contribution is 5.26. The van der Waals surface area contributed by atoms with Crippen LogP contribution in [0.2, 0.25) is 0 Å². The molecule has 0 atom stereocenters. The summed E-state index contributed by atoms with van der Waals surface area (Å²) in [5.41, 5.74) is 0. The number of carbonyl (C=O) groups excluding carboxylic acids is 1. The third kappa shape index (κ3) is 0.949. The number of hydrogen-bond acceptors (Lipinski definition) is 4. The summed E-state index contributed by atoms with van der Waals surface area (Å²) in [5, 5.41) is 5.40. The second-order valence-corrected chi connectivity index (χ2v) is 1.25. The first-order valence-corrected chi connectivity index (χ1v) is 2.14. The molecule has 2 bridgehead atoms. The van der Waals surface area contributed by atoms with Crippen LogP contribution < -0.4 is 4.74 Å². The van der Waals surface area contributed by atoms with Crippen molar-refractivity contribution < 1.29 is 9.53 Å². The average molecular weight is 125 g/mol. The van der Waals surface area contributed by atoms with E-state index in [4.69, 9.17) is 14.9 Å². The summed E-state index contributed by atoms with van der Waals surface area (Å²) in [7, 11) is 0. The lowest BCUT2D eigenvalue weighted by molar-refractivity contribution is 0.386. The van der Waals surface area contributed by atoms with Crippen molar-refractivity contribution in [1.29, 1.82) is 5.41 Å².